The van der Waals surface area contributed by atoms with E-state index in [4.69, 9.17) is 19.7 Å². The van der Waals surface area contributed by atoms with Crippen LogP contribution in [0.5, 0.6) is 0 Å². The van der Waals surface area contributed by atoms with Gasteiger partial charge >= 0.3 is 18.0 Å². The molecule has 0 aromatic carbocycles. The van der Waals surface area contributed by atoms with Crippen LogP contribution in [0.25, 0.3) is 0 Å². The molecular weight excluding hydrogens is 272 g/mol. The minimum Gasteiger partial charge on any atom is -0.481 e. The Morgan fingerprint density at radius 1 is 1.40 bits per heavy atom. The molecule has 2 atom stereocenters. The average Bonchev–Trinajstić information content (AvgIpc) is 2.84. The van der Waals surface area contributed by atoms with Crippen LogP contribution in [0.4, 0.5) is 4.79 Å². The van der Waals surface area contributed by atoms with Gasteiger partial charge in [0.25, 0.3) is 0 Å². The molecular formula is C11H18N2O7. The summed E-state index contributed by atoms with van der Waals surface area (Å²) in [5.74, 6) is -2.72. The van der Waals surface area contributed by atoms with Crippen molar-refractivity contribution in [1.82, 2.24) is 10.6 Å². The van der Waals surface area contributed by atoms with Crippen LogP contribution in [-0.2, 0) is 19.1 Å². The predicted octanol–water partition coefficient (Wildman–Crippen LogP) is -0.981. The monoisotopic (exact) mass is 290 g/mol. The molecule has 1 heterocycles. The van der Waals surface area contributed by atoms with Gasteiger partial charge in [-0.05, 0) is 0 Å². The van der Waals surface area contributed by atoms with Crippen LogP contribution in [0.2, 0.25) is 0 Å². The highest BCUT2D eigenvalue weighted by atomic mass is 16.5. The smallest absolute Gasteiger partial charge is 0.326 e. The molecule has 1 unspecified atom stereocenters. The molecule has 20 heavy (non-hydrogen) atoms. The van der Waals surface area contributed by atoms with Gasteiger partial charge in [-0.1, -0.05) is 0 Å². The Bertz CT molecular complexity index is 379. The summed E-state index contributed by atoms with van der Waals surface area (Å²) >= 11 is 0. The van der Waals surface area contributed by atoms with Gasteiger partial charge in [-0.3, -0.25) is 4.79 Å². The van der Waals surface area contributed by atoms with E-state index >= 15 is 0 Å². The van der Waals surface area contributed by atoms with Gasteiger partial charge < -0.3 is 30.3 Å². The van der Waals surface area contributed by atoms with Crippen molar-refractivity contribution in [3.63, 3.8) is 0 Å². The number of nitrogens with one attached hydrogen (secondary N) is 2. The molecule has 1 aliphatic rings. The van der Waals surface area contributed by atoms with E-state index in [0.29, 0.717) is 19.6 Å². The number of urea groups is 1. The summed E-state index contributed by atoms with van der Waals surface area (Å²) in [4.78, 5) is 32.9. The molecule has 9 nitrogen and oxygen atoms in total. The maximum atomic E-state index is 11.6. The van der Waals surface area contributed by atoms with Crippen molar-refractivity contribution in [2.24, 2.45) is 0 Å². The van der Waals surface area contributed by atoms with Crippen LogP contribution in [0, 0.1) is 0 Å². The van der Waals surface area contributed by atoms with E-state index in [2.05, 4.69) is 10.6 Å². The van der Waals surface area contributed by atoms with Crippen molar-refractivity contribution in [2.75, 3.05) is 26.9 Å². The summed E-state index contributed by atoms with van der Waals surface area (Å²) in [5.41, 5.74) is -0.622. The number of ether oxygens (including phenoxy) is 2. The summed E-state index contributed by atoms with van der Waals surface area (Å²) in [6.45, 7) is 1.00. The highest BCUT2D eigenvalue weighted by molar-refractivity contribution is 5.86. The fourth-order valence-corrected chi connectivity index (χ4v) is 1.79. The van der Waals surface area contributed by atoms with E-state index in [0.717, 1.165) is 0 Å². The lowest BCUT2D eigenvalue weighted by Gasteiger charge is -2.26. The molecule has 0 bridgehead atoms. The maximum absolute atomic E-state index is 11.6. The summed E-state index contributed by atoms with van der Waals surface area (Å²) in [7, 11) is 1.50. The Kier molecular flexibility index (Phi) is 5.71. The number of rotatable bonds is 7. The molecule has 4 N–H and O–H groups in total. The number of amides is 2. The van der Waals surface area contributed by atoms with Crippen LogP contribution in [0.1, 0.15) is 12.8 Å². The molecule has 1 fully saturated rings. The molecule has 0 saturated carbocycles. The molecule has 0 aliphatic carbocycles. The van der Waals surface area contributed by atoms with Gasteiger partial charge in [-0.2, -0.15) is 0 Å². The molecule has 1 saturated heterocycles. The third kappa shape index (κ3) is 4.67. The second-order valence-corrected chi connectivity index (χ2v) is 4.51. The van der Waals surface area contributed by atoms with Crippen LogP contribution < -0.4 is 10.6 Å². The van der Waals surface area contributed by atoms with E-state index in [9.17, 15) is 14.4 Å². The highest BCUT2D eigenvalue weighted by Crippen LogP contribution is 2.21. The van der Waals surface area contributed by atoms with Gasteiger partial charge in [0.1, 0.15) is 11.6 Å². The third-order valence-corrected chi connectivity index (χ3v) is 3.05. The van der Waals surface area contributed by atoms with Gasteiger partial charge in [-0.15, -0.1) is 0 Å². The number of methoxy groups -OCH3 is 1. The van der Waals surface area contributed by atoms with E-state index in [-0.39, 0.29) is 6.54 Å². The topological polar surface area (TPSA) is 134 Å². The number of carbonyl (C=O) groups is 3. The number of aliphatic carboxylic acids is 2. The Balaban J connectivity index is 2.45. The summed E-state index contributed by atoms with van der Waals surface area (Å²) < 4.78 is 10.5. The lowest BCUT2D eigenvalue weighted by molar-refractivity contribution is -0.145. The molecule has 1 aliphatic heterocycles. The Morgan fingerprint density at radius 2 is 2.10 bits per heavy atom. The third-order valence-electron chi connectivity index (χ3n) is 3.05. The first-order chi connectivity index (χ1) is 9.38. The number of carboxylic acids is 2. The van der Waals surface area contributed by atoms with Crippen molar-refractivity contribution >= 4 is 18.0 Å². The summed E-state index contributed by atoms with van der Waals surface area (Å²) in [5, 5.41) is 21.9. The lowest BCUT2D eigenvalue weighted by Crippen LogP contribution is -2.51. The predicted molar refractivity (Wildman–Crippen MR) is 65.4 cm³/mol. The quantitative estimate of drug-likeness (QED) is 0.473. The Hall–Kier alpha value is -1.87. The second kappa shape index (κ2) is 7.06. The van der Waals surface area contributed by atoms with E-state index in [1.807, 2.05) is 0 Å². The first-order valence-electron chi connectivity index (χ1n) is 6.00. The number of hydrogen-bond donors (Lipinski definition) is 4. The molecule has 2 amide bonds. The second-order valence-electron chi connectivity index (χ2n) is 4.51. The van der Waals surface area contributed by atoms with Crippen molar-refractivity contribution < 1.29 is 34.1 Å². The van der Waals surface area contributed by atoms with Crippen molar-refractivity contribution in [1.29, 1.82) is 0 Å². The summed E-state index contributed by atoms with van der Waals surface area (Å²) in [6.07, 6.45) is -0.0808. The minimum atomic E-state index is -1.48. The zero-order valence-corrected chi connectivity index (χ0v) is 11.0. The SMILES string of the molecule is COC1(CNC(=O)N[C@@H](CC(=O)O)C(=O)O)CCOC1. The van der Waals surface area contributed by atoms with E-state index < -0.39 is 36.0 Å². The molecule has 0 spiro atoms. The van der Waals surface area contributed by atoms with Gasteiger partial charge in [-0.25, -0.2) is 9.59 Å². The minimum absolute atomic E-state index is 0.148. The lowest BCUT2D eigenvalue weighted by atomic mass is 10.0. The van der Waals surface area contributed by atoms with Crippen LogP contribution in [-0.4, -0.2) is 66.7 Å². The largest absolute Gasteiger partial charge is 0.481 e. The van der Waals surface area contributed by atoms with Crippen molar-refractivity contribution in [2.45, 2.75) is 24.5 Å². The number of hydrogen-bond acceptors (Lipinski definition) is 5. The number of carboxylic acid groups (broad SMARTS) is 2. The van der Waals surface area contributed by atoms with Crippen LogP contribution in [0.15, 0.2) is 0 Å². The van der Waals surface area contributed by atoms with E-state index in [1.54, 1.807) is 0 Å². The molecule has 0 aromatic heterocycles. The average molecular weight is 290 g/mol. The first kappa shape index (κ1) is 16.2. The molecule has 0 radical (unpaired) electrons. The molecule has 114 valence electrons. The van der Waals surface area contributed by atoms with Gasteiger partial charge in [0, 0.05) is 20.1 Å². The first-order valence-corrected chi connectivity index (χ1v) is 6.00. The van der Waals surface area contributed by atoms with Gasteiger partial charge in [0.15, 0.2) is 0 Å². The van der Waals surface area contributed by atoms with Crippen LogP contribution >= 0.6 is 0 Å². The Morgan fingerprint density at radius 3 is 2.55 bits per heavy atom. The van der Waals surface area contributed by atoms with Crippen molar-refractivity contribution in [3.8, 4) is 0 Å². The zero-order chi connectivity index (χ0) is 15.2. The van der Waals surface area contributed by atoms with Gasteiger partial charge in [0.05, 0.1) is 19.6 Å². The van der Waals surface area contributed by atoms with Crippen molar-refractivity contribution in [3.05, 3.63) is 0 Å². The van der Waals surface area contributed by atoms with E-state index in [1.165, 1.54) is 7.11 Å². The fourth-order valence-electron chi connectivity index (χ4n) is 1.79. The normalized spacial score (nSPS) is 23.1. The highest BCUT2D eigenvalue weighted by Gasteiger charge is 2.35. The Labute approximate surface area is 115 Å². The summed E-state index contributed by atoms with van der Waals surface area (Å²) in [6, 6.07) is -2.24. The molecule has 0 aromatic rings. The number of carbonyl (C=O) groups excluding carboxylic acids is 1. The van der Waals surface area contributed by atoms with Crippen LogP contribution in [0.3, 0.4) is 0 Å². The maximum Gasteiger partial charge on any atom is 0.326 e. The van der Waals surface area contributed by atoms with Gasteiger partial charge in [0.2, 0.25) is 0 Å². The molecule has 1 rings (SSSR count). The fraction of sp³-hybridized carbons (Fsp3) is 0.727. The zero-order valence-electron chi connectivity index (χ0n) is 11.0. The molecule has 9 heteroatoms. The standard InChI is InChI=1S/C11H18N2O7/c1-19-11(2-3-20-6-11)5-12-10(18)13-7(9(16)17)4-8(14)15/h7H,2-6H2,1H3,(H,14,15)(H,16,17)(H2,12,13,18)/t7-,11?/m0/s1.